The lowest BCUT2D eigenvalue weighted by molar-refractivity contribution is 1.07. The summed E-state index contributed by atoms with van der Waals surface area (Å²) in [6, 6.07) is 18.0. The topological polar surface area (TPSA) is 89.6 Å². The highest BCUT2D eigenvalue weighted by molar-refractivity contribution is 5.74. The smallest absolute Gasteiger partial charge is 0.278 e. The van der Waals surface area contributed by atoms with E-state index in [1.807, 2.05) is 42.5 Å². The number of H-pyrrole nitrogens is 1. The fourth-order valence-corrected chi connectivity index (χ4v) is 2.59. The van der Waals surface area contributed by atoms with Gasteiger partial charge < -0.3 is 5.73 Å². The summed E-state index contributed by atoms with van der Waals surface area (Å²) in [5.41, 5.74) is 9.03. The Bertz CT molecular complexity index is 1030. The summed E-state index contributed by atoms with van der Waals surface area (Å²) in [6.07, 6.45) is 1.57. The van der Waals surface area contributed by atoms with Crippen molar-refractivity contribution in [3.63, 3.8) is 0 Å². The molecule has 6 heteroatoms. The molecule has 0 bridgehead atoms. The molecule has 6 nitrogen and oxygen atoms in total. The molecule has 0 unspecified atom stereocenters. The second-order valence-electron chi connectivity index (χ2n) is 5.15. The van der Waals surface area contributed by atoms with Crippen molar-refractivity contribution in [3.05, 3.63) is 71.3 Å². The van der Waals surface area contributed by atoms with Gasteiger partial charge in [0.2, 0.25) is 5.95 Å². The first-order valence-corrected chi connectivity index (χ1v) is 7.11. The number of imidazole rings is 1. The monoisotopic (exact) mass is 303 g/mol. The van der Waals surface area contributed by atoms with E-state index in [0.717, 1.165) is 16.8 Å². The maximum Gasteiger partial charge on any atom is 0.278 e. The van der Waals surface area contributed by atoms with Crippen molar-refractivity contribution >= 4 is 17.1 Å². The molecule has 2 aromatic heterocycles. The lowest BCUT2D eigenvalue weighted by atomic mass is 10.1. The maximum atomic E-state index is 12.1. The van der Waals surface area contributed by atoms with Gasteiger partial charge in [0.25, 0.3) is 5.56 Å². The summed E-state index contributed by atoms with van der Waals surface area (Å²) in [7, 11) is 0. The Morgan fingerprint density at radius 1 is 0.957 bits per heavy atom. The predicted octanol–water partition coefficient (Wildman–Crippen LogP) is 2.36. The van der Waals surface area contributed by atoms with Gasteiger partial charge in [-0.15, -0.1) is 0 Å². The molecule has 4 rings (SSSR count). The average Bonchev–Trinajstić information content (AvgIpc) is 3.00. The second kappa shape index (κ2) is 5.10. The molecule has 3 N–H and O–H groups in total. The predicted molar refractivity (Wildman–Crippen MR) is 89.3 cm³/mol. The number of nitrogen functional groups attached to an aromatic ring is 1. The van der Waals surface area contributed by atoms with Gasteiger partial charge in [0, 0.05) is 5.69 Å². The molecule has 0 radical (unpaired) electrons. The van der Waals surface area contributed by atoms with Crippen LogP contribution in [0.4, 0.5) is 5.95 Å². The van der Waals surface area contributed by atoms with E-state index in [0.29, 0.717) is 11.2 Å². The summed E-state index contributed by atoms with van der Waals surface area (Å²) in [5.74, 6) is 0.0622. The Labute approximate surface area is 131 Å². The molecule has 2 aromatic carbocycles. The fraction of sp³-hybridized carbons (Fsp3) is 0. The zero-order chi connectivity index (χ0) is 15.8. The molecule has 0 saturated carbocycles. The number of rotatable bonds is 2. The van der Waals surface area contributed by atoms with Crippen LogP contribution in [0.3, 0.4) is 0 Å². The summed E-state index contributed by atoms with van der Waals surface area (Å²) in [4.78, 5) is 22.8. The number of nitrogens with zero attached hydrogens (tertiary/aromatic N) is 3. The lowest BCUT2D eigenvalue weighted by Gasteiger charge is -2.06. The highest BCUT2D eigenvalue weighted by Crippen LogP contribution is 2.21. The van der Waals surface area contributed by atoms with Crippen LogP contribution in [0.15, 0.2) is 65.7 Å². The number of nitrogens with two attached hydrogens (primary N) is 1. The van der Waals surface area contributed by atoms with E-state index in [-0.39, 0.29) is 11.5 Å². The van der Waals surface area contributed by atoms with Gasteiger partial charge in [-0.25, -0.2) is 4.98 Å². The third-order valence-electron chi connectivity index (χ3n) is 3.68. The molecule has 23 heavy (non-hydrogen) atoms. The minimum Gasteiger partial charge on any atom is -0.369 e. The summed E-state index contributed by atoms with van der Waals surface area (Å²) in [5, 5.41) is 0. The van der Waals surface area contributed by atoms with Crippen LogP contribution in [-0.2, 0) is 0 Å². The molecule has 0 spiro atoms. The molecule has 2 heterocycles. The number of hydrogen-bond acceptors (Lipinski definition) is 4. The lowest BCUT2D eigenvalue weighted by Crippen LogP contribution is -2.13. The number of nitrogens with one attached hydrogen (secondary N) is 1. The number of aromatic nitrogens is 4. The normalized spacial score (nSPS) is 11.0. The van der Waals surface area contributed by atoms with Crippen LogP contribution in [0, 0.1) is 0 Å². The van der Waals surface area contributed by atoms with Gasteiger partial charge in [-0.2, -0.15) is 4.98 Å². The molecular formula is C17H13N5O. The molecule has 0 atom stereocenters. The van der Waals surface area contributed by atoms with Crippen molar-refractivity contribution < 1.29 is 0 Å². The van der Waals surface area contributed by atoms with E-state index in [1.165, 1.54) is 0 Å². The van der Waals surface area contributed by atoms with Gasteiger partial charge >= 0.3 is 0 Å². The number of anilines is 1. The molecule has 0 fully saturated rings. The van der Waals surface area contributed by atoms with E-state index in [2.05, 4.69) is 27.1 Å². The first kappa shape index (κ1) is 13.3. The standard InChI is InChI=1S/C17H13N5O/c18-17-20-15-14(16(23)21-17)22(10-19-15)13-8-6-12(7-9-13)11-4-2-1-3-5-11/h1-10H,(H3,18,20,21,23). The zero-order valence-electron chi connectivity index (χ0n) is 12.1. The highest BCUT2D eigenvalue weighted by Gasteiger charge is 2.11. The van der Waals surface area contributed by atoms with E-state index in [1.54, 1.807) is 10.9 Å². The Hall–Kier alpha value is -3.41. The Morgan fingerprint density at radius 3 is 2.39 bits per heavy atom. The third kappa shape index (κ3) is 2.26. The largest absolute Gasteiger partial charge is 0.369 e. The van der Waals surface area contributed by atoms with E-state index < -0.39 is 0 Å². The fourth-order valence-electron chi connectivity index (χ4n) is 2.59. The molecule has 0 saturated heterocycles. The van der Waals surface area contributed by atoms with Crippen LogP contribution in [0.1, 0.15) is 0 Å². The van der Waals surface area contributed by atoms with Crippen molar-refractivity contribution in [2.24, 2.45) is 0 Å². The van der Waals surface area contributed by atoms with Crippen molar-refractivity contribution in [1.82, 2.24) is 19.5 Å². The Morgan fingerprint density at radius 2 is 1.65 bits per heavy atom. The average molecular weight is 303 g/mol. The van der Waals surface area contributed by atoms with Crippen molar-refractivity contribution in [3.8, 4) is 16.8 Å². The van der Waals surface area contributed by atoms with Crippen LogP contribution in [0.2, 0.25) is 0 Å². The molecule has 4 aromatic rings. The number of hydrogen-bond donors (Lipinski definition) is 2. The first-order valence-electron chi connectivity index (χ1n) is 7.11. The van der Waals surface area contributed by atoms with Gasteiger partial charge in [-0.1, -0.05) is 42.5 Å². The molecule has 0 aliphatic rings. The van der Waals surface area contributed by atoms with Gasteiger partial charge in [0.1, 0.15) is 6.33 Å². The molecule has 0 aliphatic heterocycles. The van der Waals surface area contributed by atoms with Crippen LogP contribution in [0.25, 0.3) is 28.0 Å². The van der Waals surface area contributed by atoms with Crippen LogP contribution < -0.4 is 11.3 Å². The zero-order valence-corrected chi connectivity index (χ0v) is 12.1. The van der Waals surface area contributed by atoms with Crippen molar-refractivity contribution in [2.45, 2.75) is 0 Å². The van der Waals surface area contributed by atoms with Crippen LogP contribution in [0.5, 0.6) is 0 Å². The summed E-state index contributed by atoms with van der Waals surface area (Å²) >= 11 is 0. The maximum absolute atomic E-state index is 12.1. The minimum absolute atomic E-state index is 0.0622. The van der Waals surface area contributed by atoms with Crippen LogP contribution >= 0.6 is 0 Å². The van der Waals surface area contributed by atoms with E-state index in [4.69, 9.17) is 5.73 Å². The van der Waals surface area contributed by atoms with Crippen molar-refractivity contribution in [1.29, 1.82) is 0 Å². The summed E-state index contributed by atoms with van der Waals surface area (Å²) < 4.78 is 1.70. The molecule has 0 amide bonds. The van der Waals surface area contributed by atoms with Crippen molar-refractivity contribution in [2.75, 3.05) is 5.73 Å². The quantitative estimate of drug-likeness (QED) is 0.595. The highest BCUT2D eigenvalue weighted by atomic mass is 16.1. The van der Waals surface area contributed by atoms with E-state index >= 15 is 0 Å². The van der Waals surface area contributed by atoms with Gasteiger partial charge in [0.05, 0.1) is 0 Å². The van der Waals surface area contributed by atoms with E-state index in [9.17, 15) is 4.79 Å². The molecule has 112 valence electrons. The van der Waals surface area contributed by atoms with Gasteiger partial charge in [-0.3, -0.25) is 14.3 Å². The number of fused-ring (bicyclic) bond motifs is 1. The Kier molecular flexibility index (Phi) is 2.94. The number of aromatic amines is 1. The summed E-state index contributed by atoms with van der Waals surface area (Å²) in [6.45, 7) is 0. The SMILES string of the molecule is Nc1nc2ncn(-c3ccc(-c4ccccc4)cc3)c2c(=O)[nH]1. The minimum atomic E-state index is -0.308. The molecule has 0 aliphatic carbocycles. The Balaban J connectivity index is 1.82. The van der Waals surface area contributed by atoms with Gasteiger partial charge in [-0.05, 0) is 23.3 Å². The van der Waals surface area contributed by atoms with Gasteiger partial charge in [0.15, 0.2) is 11.2 Å². The molecular weight excluding hydrogens is 290 g/mol. The third-order valence-corrected chi connectivity index (χ3v) is 3.68. The number of benzene rings is 2. The van der Waals surface area contributed by atoms with Crippen LogP contribution in [-0.4, -0.2) is 19.5 Å². The second-order valence-corrected chi connectivity index (χ2v) is 5.15. The first-order chi connectivity index (χ1) is 11.2.